The lowest BCUT2D eigenvalue weighted by Crippen LogP contribution is -2.28. The minimum absolute atomic E-state index is 0.477. The molecular weight excluding hydrogens is 246 g/mol. The fourth-order valence-electron chi connectivity index (χ4n) is 3.03. The van der Waals surface area contributed by atoms with Gasteiger partial charge in [0.15, 0.2) is 0 Å². The third-order valence-corrected chi connectivity index (χ3v) is 4.14. The Morgan fingerprint density at radius 2 is 2.10 bits per heavy atom. The summed E-state index contributed by atoms with van der Waals surface area (Å²) >= 11 is 0. The van der Waals surface area contributed by atoms with Gasteiger partial charge >= 0.3 is 0 Å². The largest absolute Gasteiger partial charge is 0.354 e. The number of rotatable bonds is 5. The van der Waals surface area contributed by atoms with Crippen molar-refractivity contribution in [2.45, 2.75) is 59.5 Å². The van der Waals surface area contributed by atoms with Gasteiger partial charge in [-0.3, -0.25) is 0 Å². The molecule has 0 saturated carbocycles. The maximum atomic E-state index is 4.91. The summed E-state index contributed by atoms with van der Waals surface area (Å²) in [5, 5.41) is 3.42. The van der Waals surface area contributed by atoms with Crippen molar-refractivity contribution in [2.75, 3.05) is 18.0 Å². The summed E-state index contributed by atoms with van der Waals surface area (Å²) in [6.45, 7) is 14.3. The van der Waals surface area contributed by atoms with E-state index in [1.54, 1.807) is 0 Å². The Kier molecular flexibility index (Phi) is 5.03. The van der Waals surface area contributed by atoms with Crippen molar-refractivity contribution in [2.24, 2.45) is 5.92 Å². The van der Waals surface area contributed by atoms with E-state index in [0.29, 0.717) is 12.0 Å². The first kappa shape index (κ1) is 15.3. The summed E-state index contributed by atoms with van der Waals surface area (Å²) in [5.41, 5.74) is 2.56. The van der Waals surface area contributed by atoms with Crippen LogP contribution in [0.4, 0.5) is 5.82 Å². The normalized spacial score (nSPS) is 22.8. The van der Waals surface area contributed by atoms with E-state index >= 15 is 0 Å². The van der Waals surface area contributed by atoms with Gasteiger partial charge in [-0.2, -0.15) is 0 Å². The van der Waals surface area contributed by atoms with Crippen LogP contribution in [0.15, 0.2) is 12.1 Å². The molecule has 2 atom stereocenters. The van der Waals surface area contributed by atoms with E-state index in [4.69, 9.17) is 4.98 Å². The molecule has 1 N–H and O–H groups in total. The molecule has 1 fully saturated rings. The van der Waals surface area contributed by atoms with E-state index < -0.39 is 0 Å². The predicted octanol–water partition coefficient (Wildman–Crippen LogP) is 3.55. The van der Waals surface area contributed by atoms with Crippen molar-refractivity contribution in [3.63, 3.8) is 0 Å². The number of pyridine rings is 1. The van der Waals surface area contributed by atoms with Crippen LogP contribution >= 0.6 is 0 Å². The molecule has 3 heteroatoms. The quantitative estimate of drug-likeness (QED) is 0.890. The molecule has 0 radical (unpaired) electrons. The monoisotopic (exact) mass is 275 g/mol. The van der Waals surface area contributed by atoms with Crippen LogP contribution in [0.1, 0.15) is 58.2 Å². The van der Waals surface area contributed by atoms with Gasteiger partial charge in [-0.05, 0) is 49.4 Å². The van der Waals surface area contributed by atoms with Gasteiger partial charge < -0.3 is 10.2 Å². The molecule has 1 aromatic heterocycles. The van der Waals surface area contributed by atoms with Crippen LogP contribution in [-0.4, -0.2) is 24.1 Å². The van der Waals surface area contributed by atoms with E-state index in [-0.39, 0.29) is 0 Å². The first-order valence-corrected chi connectivity index (χ1v) is 7.99. The number of nitrogens with one attached hydrogen (secondary N) is 1. The lowest BCUT2D eigenvalue weighted by molar-refractivity contribution is 0.625. The van der Waals surface area contributed by atoms with Crippen LogP contribution in [0.5, 0.6) is 0 Å². The lowest BCUT2D eigenvalue weighted by atomic mass is 10.1. The second kappa shape index (κ2) is 6.57. The van der Waals surface area contributed by atoms with Gasteiger partial charge in [0, 0.05) is 24.8 Å². The molecule has 0 aromatic carbocycles. The summed E-state index contributed by atoms with van der Waals surface area (Å²) in [4.78, 5) is 7.38. The van der Waals surface area contributed by atoms with Crippen LogP contribution < -0.4 is 10.2 Å². The highest BCUT2D eigenvalue weighted by Crippen LogP contribution is 2.29. The predicted molar refractivity (Wildman–Crippen MR) is 86.3 cm³/mol. The Balaban J connectivity index is 2.29. The van der Waals surface area contributed by atoms with E-state index in [9.17, 15) is 0 Å². The zero-order valence-electron chi connectivity index (χ0n) is 13.6. The zero-order valence-corrected chi connectivity index (χ0v) is 13.6. The summed E-state index contributed by atoms with van der Waals surface area (Å²) in [7, 11) is 0. The first-order chi connectivity index (χ1) is 9.51. The third kappa shape index (κ3) is 3.51. The molecule has 0 bridgehead atoms. The van der Waals surface area contributed by atoms with E-state index in [0.717, 1.165) is 25.6 Å². The van der Waals surface area contributed by atoms with Crippen LogP contribution in [0.3, 0.4) is 0 Å². The lowest BCUT2D eigenvalue weighted by Gasteiger charge is -2.24. The van der Waals surface area contributed by atoms with Crippen LogP contribution in [0, 0.1) is 5.92 Å². The van der Waals surface area contributed by atoms with Crippen molar-refractivity contribution < 1.29 is 0 Å². The zero-order chi connectivity index (χ0) is 14.7. The Bertz CT molecular complexity index is 442. The number of nitrogens with zero attached hydrogens (tertiary/aromatic N) is 2. The van der Waals surface area contributed by atoms with Gasteiger partial charge in [0.25, 0.3) is 0 Å². The molecule has 112 valence electrons. The maximum absolute atomic E-state index is 4.91. The molecule has 1 aliphatic heterocycles. The van der Waals surface area contributed by atoms with E-state index in [2.05, 4.69) is 57.0 Å². The fourth-order valence-corrected chi connectivity index (χ4v) is 3.03. The molecule has 20 heavy (non-hydrogen) atoms. The SMILES string of the molecule is CCNCc1cc(C(C)C)nc(N2CC(C)CC2C)c1. The molecule has 2 unspecified atom stereocenters. The molecule has 0 amide bonds. The molecule has 0 spiro atoms. The average Bonchev–Trinajstić information content (AvgIpc) is 2.75. The molecule has 3 nitrogen and oxygen atoms in total. The van der Waals surface area contributed by atoms with E-state index in [1.165, 1.54) is 23.5 Å². The van der Waals surface area contributed by atoms with Gasteiger partial charge in [0.05, 0.1) is 0 Å². The highest BCUT2D eigenvalue weighted by atomic mass is 15.2. The summed E-state index contributed by atoms with van der Waals surface area (Å²) in [6.07, 6.45) is 1.27. The van der Waals surface area contributed by atoms with Crippen molar-refractivity contribution in [3.05, 3.63) is 23.4 Å². The minimum atomic E-state index is 0.477. The van der Waals surface area contributed by atoms with Crippen LogP contribution in [0.2, 0.25) is 0 Å². The number of aromatic nitrogens is 1. The van der Waals surface area contributed by atoms with Gasteiger partial charge in [0.1, 0.15) is 5.82 Å². The van der Waals surface area contributed by atoms with Crippen LogP contribution in [0.25, 0.3) is 0 Å². The van der Waals surface area contributed by atoms with Gasteiger partial charge in [-0.25, -0.2) is 4.98 Å². The van der Waals surface area contributed by atoms with Crippen molar-refractivity contribution >= 4 is 5.82 Å². The van der Waals surface area contributed by atoms with Crippen molar-refractivity contribution in [1.82, 2.24) is 10.3 Å². The second-order valence-electron chi connectivity index (χ2n) is 6.54. The van der Waals surface area contributed by atoms with Crippen molar-refractivity contribution in [3.8, 4) is 0 Å². The van der Waals surface area contributed by atoms with Crippen LogP contribution in [-0.2, 0) is 6.54 Å². The third-order valence-electron chi connectivity index (χ3n) is 4.14. The molecule has 0 aliphatic carbocycles. The smallest absolute Gasteiger partial charge is 0.129 e. The second-order valence-corrected chi connectivity index (χ2v) is 6.54. The van der Waals surface area contributed by atoms with Gasteiger partial charge in [-0.15, -0.1) is 0 Å². The summed E-state index contributed by atoms with van der Waals surface area (Å²) < 4.78 is 0. The maximum Gasteiger partial charge on any atom is 0.129 e. The first-order valence-electron chi connectivity index (χ1n) is 7.99. The molecule has 2 heterocycles. The van der Waals surface area contributed by atoms with E-state index in [1.807, 2.05) is 0 Å². The Hall–Kier alpha value is -1.09. The topological polar surface area (TPSA) is 28.2 Å². The van der Waals surface area contributed by atoms with Gasteiger partial charge in [0.2, 0.25) is 0 Å². The van der Waals surface area contributed by atoms with Crippen molar-refractivity contribution in [1.29, 1.82) is 0 Å². The van der Waals surface area contributed by atoms with Gasteiger partial charge in [-0.1, -0.05) is 27.7 Å². The summed E-state index contributed by atoms with van der Waals surface area (Å²) in [5.74, 6) is 2.42. The number of hydrogen-bond donors (Lipinski definition) is 1. The molecule has 1 aliphatic rings. The molecular formula is C17H29N3. The molecule has 1 saturated heterocycles. The number of anilines is 1. The standard InChI is InChI=1S/C17H29N3/c1-6-18-10-15-8-16(12(2)3)19-17(9-15)20-11-13(4)7-14(20)5/h8-9,12-14,18H,6-7,10-11H2,1-5H3. The fraction of sp³-hybridized carbons (Fsp3) is 0.706. The Morgan fingerprint density at radius 3 is 2.65 bits per heavy atom. The molecule has 2 rings (SSSR count). The summed E-state index contributed by atoms with van der Waals surface area (Å²) in [6, 6.07) is 5.12. The average molecular weight is 275 g/mol. The highest BCUT2D eigenvalue weighted by Gasteiger charge is 2.27. The Labute approximate surface area is 123 Å². The molecule has 1 aromatic rings. The number of hydrogen-bond acceptors (Lipinski definition) is 3. The minimum Gasteiger partial charge on any atom is -0.354 e. The Morgan fingerprint density at radius 1 is 1.35 bits per heavy atom. The highest BCUT2D eigenvalue weighted by molar-refractivity contribution is 5.45.